The van der Waals surface area contributed by atoms with Crippen LogP contribution in [0.2, 0.25) is 0 Å². The largest absolute Gasteiger partial charge is 0.493 e. The van der Waals surface area contributed by atoms with Gasteiger partial charge in [0.2, 0.25) is 0 Å². The summed E-state index contributed by atoms with van der Waals surface area (Å²) in [6.07, 6.45) is 8.03. The lowest BCUT2D eigenvalue weighted by atomic mass is 10.1. The van der Waals surface area contributed by atoms with Gasteiger partial charge < -0.3 is 9.84 Å². The summed E-state index contributed by atoms with van der Waals surface area (Å²) >= 11 is 0. The summed E-state index contributed by atoms with van der Waals surface area (Å²) < 4.78 is 7.07. The van der Waals surface area contributed by atoms with Crippen LogP contribution in [-0.2, 0) is 6.54 Å². The molecule has 4 nitrogen and oxygen atoms in total. The van der Waals surface area contributed by atoms with Crippen LogP contribution >= 0.6 is 0 Å². The van der Waals surface area contributed by atoms with Gasteiger partial charge in [-0.2, -0.15) is 5.10 Å². The van der Waals surface area contributed by atoms with Crippen molar-refractivity contribution in [2.45, 2.75) is 65.0 Å². The Kier molecular flexibility index (Phi) is 6.80. The lowest BCUT2D eigenvalue weighted by molar-refractivity contribution is 0.148. The Labute approximate surface area is 110 Å². The van der Waals surface area contributed by atoms with Crippen LogP contribution in [0.15, 0.2) is 6.20 Å². The standard InChI is InChI=1S/C14H26N2O2/c1-4-6-7-8-9-10-12(17)14-13(18-3)11-15-16(14)5-2/h11-12,17H,4-10H2,1-3H3. The van der Waals surface area contributed by atoms with Crippen LogP contribution in [0, 0.1) is 0 Å². The molecule has 18 heavy (non-hydrogen) atoms. The zero-order chi connectivity index (χ0) is 13.4. The topological polar surface area (TPSA) is 47.3 Å². The molecule has 0 aliphatic heterocycles. The zero-order valence-corrected chi connectivity index (χ0v) is 11.9. The zero-order valence-electron chi connectivity index (χ0n) is 11.9. The molecule has 0 saturated heterocycles. The number of hydrogen-bond donors (Lipinski definition) is 1. The third kappa shape index (κ3) is 4.02. The second-order valence-corrected chi connectivity index (χ2v) is 4.63. The van der Waals surface area contributed by atoms with Crippen LogP contribution in [0.3, 0.4) is 0 Å². The van der Waals surface area contributed by atoms with Crippen molar-refractivity contribution >= 4 is 0 Å². The highest BCUT2D eigenvalue weighted by molar-refractivity contribution is 5.27. The average Bonchev–Trinajstić information content (AvgIpc) is 2.81. The number of unbranched alkanes of at least 4 members (excludes halogenated alkanes) is 4. The third-order valence-corrected chi connectivity index (χ3v) is 3.26. The predicted octanol–water partition coefficient (Wildman–Crippen LogP) is 3.31. The fraction of sp³-hybridized carbons (Fsp3) is 0.786. The van der Waals surface area contributed by atoms with Crippen molar-refractivity contribution in [3.63, 3.8) is 0 Å². The number of ether oxygens (including phenoxy) is 1. The number of aliphatic hydroxyl groups excluding tert-OH is 1. The summed E-state index contributed by atoms with van der Waals surface area (Å²) in [7, 11) is 1.62. The van der Waals surface area contributed by atoms with Crippen LogP contribution < -0.4 is 4.74 Å². The number of aryl methyl sites for hydroxylation is 1. The van der Waals surface area contributed by atoms with Gasteiger partial charge in [0.1, 0.15) is 5.69 Å². The first kappa shape index (κ1) is 15.0. The van der Waals surface area contributed by atoms with Crippen LogP contribution in [0.4, 0.5) is 0 Å². The SMILES string of the molecule is CCCCCCCC(O)c1c(OC)cnn1CC. The van der Waals surface area contributed by atoms with Crippen molar-refractivity contribution < 1.29 is 9.84 Å². The summed E-state index contributed by atoms with van der Waals surface area (Å²) in [6.45, 7) is 4.98. The van der Waals surface area contributed by atoms with E-state index in [1.165, 1.54) is 25.7 Å². The molecule has 0 bridgehead atoms. The molecular weight excluding hydrogens is 228 g/mol. The Morgan fingerprint density at radius 2 is 2.00 bits per heavy atom. The van der Waals surface area contributed by atoms with Gasteiger partial charge in [-0.1, -0.05) is 39.0 Å². The van der Waals surface area contributed by atoms with Gasteiger partial charge in [0, 0.05) is 6.54 Å². The molecule has 1 N–H and O–H groups in total. The minimum absolute atomic E-state index is 0.468. The molecular formula is C14H26N2O2. The van der Waals surface area contributed by atoms with Gasteiger partial charge in [-0.25, -0.2) is 0 Å². The second-order valence-electron chi connectivity index (χ2n) is 4.63. The van der Waals surface area contributed by atoms with Gasteiger partial charge in [-0.3, -0.25) is 4.68 Å². The number of hydrogen-bond acceptors (Lipinski definition) is 3. The Bertz CT molecular complexity index is 315. The molecule has 0 spiro atoms. The Balaban J connectivity index is 2.49. The number of rotatable bonds is 9. The molecule has 0 saturated carbocycles. The molecule has 0 aliphatic rings. The van der Waals surface area contributed by atoms with Crippen LogP contribution in [0.25, 0.3) is 0 Å². The van der Waals surface area contributed by atoms with Crippen molar-refractivity contribution in [1.82, 2.24) is 9.78 Å². The van der Waals surface area contributed by atoms with E-state index >= 15 is 0 Å². The van der Waals surface area contributed by atoms with E-state index in [9.17, 15) is 5.11 Å². The van der Waals surface area contributed by atoms with E-state index in [0.29, 0.717) is 5.75 Å². The van der Waals surface area contributed by atoms with Crippen LogP contribution in [0.5, 0.6) is 5.75 Å². The van der Waals surface area contributed by atoms with Crippen molar-refractivity contribution in [2.24, 2.45) is 0 Å². The molecule has 104 valence electrons. The Morgan fingerprint density at radius 1 is 1.28 bits per heavy atom. The molecule has 0 aliphatic carbocycles. The summed E-state index contributed by atoms with van der Waals surface area (Å²) in [4.78, 5) is 0. The first-order chi connectivity index (χ1) is 8.74. The molecule has 0 aromatic carbocycles. The minimum Gasteiger partial charge on any atom is -0.493 e. The van der Waals surface area contributed by atoms with Crippen LogP contribution in [0.1, 0.15) is 64.2 Å². The third-order valence-electron chi connectivity index (χ3n) is 3.26. The maximum atomic E-state index is 10.2. The molecule has 0 fully saturated rings. The van der Waals surface area contributed by atoms with E-state index in [2.05, 4.69) is 12.0 Å². The maximum Gasteiger partial charge on any atom is 0.162 e. The minimum atomic E-state index is -0.468. The molecule has 1 aromatic heterocycles. The van der Waals surface area contributed by atoms with Gasteiger partial charge in [-0.15, -0.1) is 0 Å². The van der Waals surface area contributed by atoms with Gasteiger partial charge >= 0.3 is 0 Å². The van der Waals surface area contributed by atoms with Crippen molar-refractivity contribution in [2.75, 3.05) is 7.11 Å². The summed E-state index contributed by atoms with van der Waals surface area (Å²) in [5, 5.41) is 14.5. The lowest BCUT2D eigenvalue weighted by Gasteiger charge is -2.14. The number of nitrogens with zero attached hydrogens (tertiary/aromatic N) is 2. The van der Waals surface area contributed by atoms with Crippen LogP contribution in [-0.4, -0.2) is 22.0 Å². The van der Waals surface area contributed by atoms with Crippen molar-refractivity contribution in [3.8, 4) is 5.75 Å². The van der Waals surface area contributed by atoms with Crippen molar-refractivity contribution in [3.05, 3.63) is 11.9 Å². The highest BCUT2D eigenvalue weighted by Crippen LogP contribution is 2.28. The van der Waals surface area contributed by atoms with Crippen molar-refractivity contribution in [1.29, 1.82) is 0 Å². The Hall–Kier alpha value is -1.03. The molecule has 1 aromatic rings. The lowest BCUT2D eigenvalue weighted by Crippen LogP contribution is -2.09. The highest BCUT2D eigenvalue weighted by atomic mass is 16.5. The number of aromatic nitrogens is 2. The Morgan fingerprint density at radius 3 is 2.61 bits per heavy atom. The summed E-state index contributed by atoms with van der Waals surface area (Å²) in [5.41, 5.74) is 0.815. The molecule has 1 atom stereocenters. The summed E-state index contributed by atoms with van der Waals surface area (Å²) in [6, 6.07) is 0. The van der Waals surface area contributed by atoms with Gasteiger partial charge in [0.15, 0.2) is 5.75 Å². The molecule has 1 unspecified atom stereocenters. The van der Waals surface area contributed by atoms with E-state index in [0.717, 1.165) is 25.1 Å². The highest BCUT2D eigenvalue weighted by Gasteiger charge is 2.18. The molecule has 0 amide bonds. The first-order valence-corrected chi connectivity index (χ1v) is 7.02. The smallest absolute Gasteiger partial charge is 0.162 e. The number of methoxy groups -OCH3 is 1. The van der Waals surface area contributed by atoms with E-state index in [-0.39, 0.29) is 0 Å². The van der Waals surface area contributed by atoms with E-state index in [1.54, 1.807) is 13.3 Å². The van der Waals surface area contributed by atoms with Gasteiger partial charge in [0.25, 0.3) is 0 Å². The van der Waals surface area contributed by atoms with Gasteiger partial charge in [-0.05, 0) is 13.3 Å². The second kappa shape index (κ2) is 8.14. The quantitative estimate of drug-likeness (QED) is 0.688. The fourth-order valence-corrected chi connectivity index (χ4v) is 2.20. The molecule has 1 heterocycles. The van der Waals surface area contributed by atoms with E-state index < -0.39 is 6.10 Å². The first-order valence-electron chi connectivity index (χ1n) is 7.02. The predicted molar refractivity (Wildman–Crippen MR) is 72.8 cm³/mol. The normalized spacial score (nSPS) is 12.7. The monoisotopic (exact) mass is 254 g/mol. The number of aliphatic hydroxyl groups is 1. The van der Waals surface area contributed by atoms with Gasteiger partial charge in [0.05, 0.1) is 19.4 Å². The molecule has 1 rings (SSSR count). The van der Waals surface area contributed by atoms with E-state index in [1.807, 2.05) is 11.6 Å². The summed E-state index contributed by atoms with van der Waals surface area (Å²) in [5.74, 6) is 0.693. The maximum absolute atomic E-state index is 10.2. The molecule has 4 heteroatoms. The fourth-order valence-electron chi connectivity index (χ4n) is 2.20. The molecule has 0 radical (unpaired) electrons. The van der Waals surface area contributed by atoms with E-state index in [4.69, 9.17) is 4.74 Å². The average molecular weight is 254 g/mol.